The van der Waals surface area contributed by atoms with Crippen molar-refractivity contribution in [3.05, 3.63) is 29.8 Å². The van der Waals surface area contributed by atoms with Gasteiger partial charge in [0, 0.05) is 5.69 Å². The van der Waals surface area contributed by atoms with Crippen LogP contribution in [-0.2, 0) is 14.3 Å². The average molecular weight is 389 g/mol. The Morgan fingerprint density at radius 1 is 1.18 bits per heavy atom. The van der Waals surface area contributed by atoms with Crippen LogP contribution < -0.4 is 10.6 Å². The van der Waals surface area contributed by atoms with E-state index in [1.54, 1.807) is 53.7 Å². The first-order valence-corrected chi connectivity index (χ1v) is 8.86. The molecule has 152 valence electrons. The summed E-state index contributed by atoms with van der Waals surface area (Å²) < 4.78 is 10.1. The second-order valence-corrected chi connectivity index (χ2v) is 7.80. The van der Waals surface area contributed by atoms with Crippen molar-refractivity contribution in [2.45, 2.75) is 52.7 Å². The van der Waals surface area contributed by atoms with Crippen molar-refractivity contribution in [2.75, 3.05) is 11.9 Å². The molecular formula is C20H27N3O5. The standard InChI is InChI=1S/C20H27N3O5/c1-13(2)20(6,12-21)23-16(24)11-27-17(25)14-8-7-9-15(10-14)22-18(26)28-19(3,4)5/h7-10,13H,11H2,1-6H3,(H,22,26)(H,23,24). The van der Waals surface area contributed by atoms with Crippen LogP contribution in [0.4, 0.5) is 10.5 Å². The summed E-state index contributed by atoms with van der Waals surface area (Å²) in [5.41, 5.74) is -1.19. The predicted octanol–water partition coefficient (Wildman–Crippen LogP) is 3.24. The van der Waals surface area contributed by atoms with Gasteiger partial charge in [0.15, 0.2) is 6.61 Å². The topological polar surface area (TPSA) is 118 Å². The molecule has 0 heterocycles. The zero-order valence-corrected chi connectivity index (χ0v) is 17.1. The van der Waals surface area contributed by atoms with Crippen LogP contribution in [0.3, 0.4) is 0 Å². The maximum Gasteiger partial charge on any atom is 0.412 e. The van der Waals surface area contributed by atoms with Crippen molar-refractivity contribution in [3.63, 3.8) is 0 Å². The van der Waals surface area contributed by atoms with E-state index >= 15 is 0 Å². The summed E-state index contributed by atoms with van der Waals surface area (Å²) in [6.45, 7) is 9.90. The molecule has 1 rings (SSSR count). The molecule has 0 saturated carbocycles. The molecule has 0 aromatic heterocycles. The van der Waals surface area contributed by atoms with Gasteiger partial charge < -0.3 is 14.8 Å². The fourth-order valence-corrected chi connectivity index (χ4v) is 1.99. The first kappa shape index (κ1) is 23.0. The maximum atomic E-state index is 12.2. The van der Waals surface area contributed by atoms with Gasteiger partial charge in [-0.15, -0.1) is 0 Å². The van der Waals surface area contributed by atoms with Crippen LogP contribution in [0.5, 0.6) is 0 Å². The molecule has 28 heavy (non-hydrogen) atoms. The van der Waals surface area contributed by atoms with E-state index in [4.69, 9.17) is 9.47 Å². The summed E-state index contributed by atoms with van der Waals surface area (Å²) >= 11 is 0. The number of esters is 1. The van der Waals surface area contributed by atoms with Gasteiger partial charge in [0.2, 0.25) is 0 Å². The molecule has 1 atom stereocenters. The van der Waals surface area contributed by atoms with Gasteiger partial charge in [0.05, 0.1) is 11.6 Å². The minimum atomic E-state index is -1.05. The lowest BCUT2D eigenvalue weighted by Crippen LogP contribution is -2.50. The van der Waals surface area contributed by atoms with Gasteiger partial charge in [-0.1, -0.05) is 19.9 Å². The molecule has 0 saturated heterocycles. The van der Waals surface area contributed by atoms with E-state index < -0.39 is 35.7 Å². The Hall–Kier alpha value is -3.08. The molecule has 8 heteroatoms. The molecule has 8 nitrogen and oxygen atoms in total. The molecule has 2 amide bonds. The molecular weight excluding hydrogens is 362 g/mol. The van der Waals surface area contributed by atoms with Crippen LogP contribution in [-0.4, -0.2) is 35.7 Å². The second kappa shape index (κ2) is 9.22. The number of rotatable bonds is 6. The fraction of sp³-hybridized carbons (Fsp3) is 0.500. The number of anilines is 1. The largest absolute Gasteiger partial charge is 0.452 e. The summed E-state index contributed by atoms with van der Waals surface area (Å²) in [6.07, 6.45) is -0.651. The second-order valence-electron chi connectivity index (χ2n) is 7.80. The number of hydrogen-bond donors (Lipinski definition) is 2. The lowest BCUT2D eigenvalue weighted by Gasteiger charge is -2.27. The zero-order chi connectivity index (χ0) is 21.5. The van der Waals surface area contributed by atoms with Crippen molar-refractivity contribution in [1.29, 1.82) is 5.26 Å². The van der Waals surface area contributed by atoms with Crippen LogP contribution in [0.1, 0.15) is 51.9 Å². The minimum absolute atomic E-state index is 0.118. The van der Waals surface area contributed by atoms with E-state index in [0.717, 1.165) is 0 Å². The molecule has 1 aromatic carbocycles. The van der Waals surface area contributed by atoms with Crippen molar-refractivity contribution >= 4 is 23.7 Å². The molecule has 2 N–H and O–H groups in total. The normalized spacial score (nSPS) is 13.1. The van der Waals surface area contributed by atoms with Crippen molar-refractivity contribution in [3.8, 4) is 6.07 Å². The van der Waals surface area contributed by atoms with Crippen molar-refractivity contribution in [1.82, 2.24) is 5.32 Å². The van der Waals surface area contributed by atoms with Gasteiger partial charge in [-0.05, 0) is 51.8 Å². The Kier molecular flexibility index (Phi) is 7.56. The quantitative estimate of drug-likeness (QED) is 0.721. The third kappa shape index (κ3) is 7.27. The number of nitrogens with one attached hydrogen (secondary N) is 2. The predicted molar refractivity (Wildman–Crippen MR) is 104 cm³/mol. The number of nitrogens with zero attached hydrogens (tertiary/aromatic N) is 1. The highest BCUT2D eigenvalue weighted by Crippen LogP contribution is 2.16. The maximum absolute atomic E-state index is 12.2. The molecule has 1 aromatic rings. The van der Waals surface area contributed by atoms with Gasteiger partial charge in [-0.2, -0.15) is 5.26 Å². The molecule has 0 radical (unpaired) electrons. The number of carbonyl (C=O) groups is 3. The molecule has 0 spiro atoms. The van der Waals surface area contributed by atoms with Gasteiger partial charge in [0.25, 0.3) is 5.91 Å². The Morgan fingerprint density at radius 3 is 2.36 bits per heavy atom. The van der Waals surface area contributed by atoms with Crippen LogP contribution in [0.25, 0.3) is 0 Å². The number of hydrogen-bond acceptors (Lipinski definition) is 6. The van der Waals surface area contributed by atoms with E-state index in [0.29, 0.717) is 5.69 Å². The molecule has 0 aliphatic carbocycles. The van der Waals surface area contributed by atoms with Gasteiger partial charge in [0.1, 0.15) is 11.1 Å². The lowest BCUT2D eigenvalue weighted by atomic mass is 9.90. The summed E-state index contributed by atoms with van der Waals surface area (Å²) in [6, 6.07) is 8.11. The highest BCUT2D eigenvalue weighted by atomic mass is 16.6. The van der Waals surface area contributed by atoms with Crippen LogP contribution in [0.2, 0.25) is 0 Å². The van der Waals surface area contributed by atoms with Crippen molar-refractivity contribution in [2.24, 2.45) is 5.92 Å². The molecule has 0 aliphatic heterocycles. The third-order valence-corrected chi connectivity index (χ3v) is 3.86. The van der Waals surface area contributed by atoms with Gasteiger partial charge in [-0.3, -0.25) is 10.1 Å². The highest BCUT2D eigenvalue weighted by Gasteiger charge is 2.30. The Balaban J connectivity index is 2.67. The van der Waals surface area contributed by atoms with E-state index in [1.807, 2.05) is 6.07 Å². The molecule has 0 fully saturated rings. The molecule has 0 aliphatic rings. The number of benzene rings is 1. The smallest absolute Gasteiger partial charge is 0.412 e. The monoisotopic (exact) mass is 389 g/mol. The van der Waals surface area contributed by atoms with E-state index in [-0.39, 0.29) is 11.5 Å². The van der Waals surface area contributed by atoms with Gasteiger partial charge >= 0.3 is 12.1 Å². The fourth-order valence-electron chi connectivity index (χ4n) is 1.99. The Labute approximate surface area is 165 Å². The summed E-state index contributed by atoms with van der Waals surface area (Å²) in [5.74, 6) is -1.42. The van der Waals surface area contributed by atoms with E-state index in [1.165, 1.54) is 12.1 Å². The van der Waals surface area contributed by atoms with Crippen LogP contribution in [0, 0.1) is 17.2 Å². The minimum Gasteiger partial charge on any atom is -0.452 e. The SMILES string of the molecule is CC(C)C(C)(C#N)NC(=O)COC(=O)c1cccc(NC(=O)OC(C)(C)C)c1. The molecule has 0 bridgehead atoms. The number of nitriles is 1. The zero-order valence-electron chi connectivity index (χ0n) is 17.1. The number of amides is 2. The summed E-state index contributed by atoms with van der Waals surface area (Å²) in [4.78, 5) is 36.0. The van der Waals surface area contributed by atoms with Crippen LogP contribution in [0.15, 0.2) is 24.3 Å². The van der Waals surface area contributed by atoms with E-state index in [2.05, 4.69) is 10.6 Å². The third-order valence-electron chi connectivity index (χ3n) is 3.86. The Morgan fingerprint density at radius 2 is 1.82 bits per heavy atom. The number of ether oxygens (including phenoxy) is 2. The average Bonchev–Trinajstić information content (AvgIpc) is 2.57. The van der Waals surface area contributed by atoms with Gasteiger partial charge in [-0.25, -0.2) is 9.59 Å². The lowest BCUT2D eigenvalue weighted by molar-refractivity contribution is -0.125. The number of carbonyl (C=O) groups excluding carboxylic acids is 3. The first-order chi connectivity index (χ1) is 12.9. The first-order valence-electron chi connectivity index (χ1n) is 8.86. The Bertz CT molecular complexity index is 777. The molecule has 1 unspecified atom stereocenters. The summed E-state index contributed by atoms with van der Waals surface area (Å²) in [5, 5.41) is 14.3. The van der Waals surface area contributed by atoms with Crippen LogP contribution >= 0.6 is 0 Å². The van der Waals surface area contributed by atoms with E-state index in [9.17, 15) is 19.6 Å². The summed E-state index contributed by atoms with van der Waals surface area (Å²) in [7, 11) is 0. The highest BCUT2D eigenvalue weighted by molar-refractivity contribution is 5.94. The van der Waals surface area contributed by atoms with Crippen molar-refractivity contribution < 1.29 is 23.9 Å².